The third-order valence-corrected chi connectivity index (χ3v) is 4.91. The Morgan fingerprint density at radius 3 is 2.94 bits per heavy atom. The van der Waals surface area contributed by atoms with Crippen molar-refractivity contribution in [1.29, 1.82) is 0 Å². The van der Waals surface area contributed by atoms with E-state index in [9.17, 15) is 0 Å². The summed E-state index contributed by atoms with van der Waals surface area (Å²) in [5, 5.41) is 2.17. The Morgan fingerprint density at radius 1 is 1.61 bits per heavy atom. The molecular weight excluding hydrogens is 244 g/mol. The van der Waals surface area contributed by atoms with Crippen molar-refractivity contribution in [1.82, 2.24) is 4.90 Å². The van der Waals surface area contributed by atoms with Crippen molar-refractivity contribution in [3.05, 3.63) is 21.9 Å². The lowest BCUT2D eigenvalue weighted by Crippen LogP contribution is -2.50. The fourth-order valence-electron chi connectivity index (χ4n) is 2.65. The first-order chi connectivity index (χ1) is 8.65. The van der Waals surface area contributed by atoms with Crippen LogP contribution in [0.1, 0.15) is 36.8 Å². The van der Waals surface area contributed by atoms with Gasteiger partial charge < -0.3 is 10.5 Å². The van der Waals surface area contributed by atoms with Crippen LogP contribution >= 0.6 is 11.3 Å². The largest absolute Gasteiger partial charge is 0.379 e. The minimum Gasteiger partial charge on any atom is -0.379 e. The quantitative estimate of drug-likeness (QED) is 0.912. The second-order valence-electron chi connectivity index (χ2n) is 5.15. The molecule has 1 fully saturated rings. The van der Waals surface area contributed by atoms with Crippen molar-refractivity contribution >= 4 is 11.3 Å². The predicted octanol–water partition coefficient (Wildman–Crippen LogP) is 2.56. The summed E-state index contributed by atoms with van der Waals surface area (Å²) in [4.78, 5) is 3.95. The lowest BCUT2D eigenvalue weighted by molar-refractivity contribution is -0.0276. The molecule has 0 radical (unpaired) electrons. The first-order valence-corrected chi connectivity index (χ1v) is 7.66. The number of hydrogen-bond acceptors (Lipinski definition) is 4. The molecular formula is C14H24N2OS. The van der Waals surface area contributed by atoms with E-state index in [1.165, 1.54) is 10.4 Å². The highest BCUT2D eigenvalue weighted by molar-refractivity contribution is 7.10. The van der Waals surface area contributed by atoms with Gasteiger partial charge in [0.25, 0.3) is 0 Å². The smallest absolute Gasteiger partial charge is 0.0620 e. The van der Waals surface area contributed by atoms with Crippen molar-refractivity contribution < 1.29 is 4.74 Å². The van der Waals surface area contributed by atoms with E-state index in [2.05, 4.69) is 37.1 Å². The molecule has 3 atom stereocenters. The summed E-state index contributed by atoms with van der Waals surface area (Å²) in [7, 11) is 0. The Morgan fingerprint density at radius 2 is 2.39 bits per heavy atom. The molecule has 2 N–H and O–H groups in total. The fraction of sp³-hybridized carbons (Fsp3) is 0.714. The van der Waals surface area contributed by atoms with Crippen LogP contribution in [0, 0.1) is 6.92 Å². The first-order valence-electron chi connectivity index (χ1n) is 6.78. The number of hydrogen-bond donors (Lipinski definition) is 1. The third-order valence-electron chi connectivity index (χ3n) is 3.82. The zero-order valence-electron chi connectivity index (χ0n) is 11.6. The molecule has 1 aromatic heterocycles. The van der Waals surface area contributed by atoms with Crippen LogP contribution in [-0.4, -0.2) is 36.7 Å². The van der Waals surface area contributed by atoms with E-state index in [-0.39, 0.29) is 6.04 Å². The van der Waals surface area contributed by atoms with Crippen LogP contribution < -0.4 is 5.73 Å². The predicted molar refractivity (Wildman–Crippen MR) is 77.1 cm³/mol. The number of aryl methyl sites for hydroxylation is 1. The molecule has 0 bridgehead atoms. The number of ether oxygens (including phenoxy) is 1. The highest BCUT2D eigenvalue weighted by atomic mass is 32.1. The van der Waals surface area contributed by atoms with E-state index in [1.54, 1.807) is 0 Å². The van der Waals surface area contributed by atoms with Gasteiger partial charge in [0.1, 0.15) is 0 Å². The molecule has 1 aliphatic rings. The number of morpholine rings is 1. The normalized spacial score (nSPS) is 25.0. The SMILES string of the molecule is CCC(N)C(c1sccc1C)N1CCOCC1C. The van der Waals surface area contributed by atoms with Gasteiger partial charge in [-0.05, 0) is 37.3 Å². The van der Waals surface area contributed by atoms with Crippen LogP contribution in [0.3, 0.4) is 0 Å². The van der Waals surface area contributed by atoms with Crippen molar-refractivity contribution in [3.63, 3.8) is 0 Å². The highest BCUT2D eigenvalue weighted by Crippen LogP contribution is 2.33. The van der Waals surface area contributed by atoms with Crippen LogP contribution in [0.25, 0.3) is 0 Å². The lowest BCUT2D eigenvalue weighted by Gasteiger charge is -2.41. The van der Waals surface area contributed by atoms with E-state index in [0.29, 0.717) is 12.1 Å². The van der Waals surface area contributed by atoms with E-state index in [1.807, 2.05) is 11.3 Å². The Balaban J connectivity index is 2.27. The monoisotopic (exact) mass is 268 g/mol. The van der Waals surface area contributed by atoms with Crippen LogP contribution in [0.4, 0.5) is 0 Å². The topological polar surface area (TPSA) is 38.5 Å². The molecule has 0 amide bonds. The van der Waals surface area contributed by atoms with Crippen molar-refractivity contribution in [2.75, 3.05) is 19.8 Å². The Labute approximate surface area is 114 Å². The summed E-state index contributed by atoms with van der Waals surface area (Å²) < 4.78 is 5.54. The average Bonchev–Trinajstić information content (AvgIpc) is 2.78. The van der Waals surface area contributed by atoms with Crippen LogP contribution in [0.5, 0.6) is 0 Å². The van der Waals surface area contributed by atoms with Gasteiger partial charge in [-0.3, -0.25) is 4.90 Å². The summed E-state index contributed by atoms with van der Waals surface area (Å²) in [6, 6.07) is 3.18. The minimum absolute atomic E-state index is 0.197. The van der Waals surface area contributed by atoms with E-state index in [0.717, 1.165) is 26.2 Å². The van der Waals surface area contributed by atoms with Gasteiger partial charge in [-0.15, -0.1) is 11.3 Å². The molecule has 3 nitrogen and oxygen atoms in total. The number of nitrogens with two attached hydrogens (primary N) is 1. The number of nitrogens with zero attached hydrogens (tertiary/aromatic N) is 1. The van der Waals surface area contributed by atoms with E-state index < -0.39 is 0 Å². The zero-order valence-corrected chi connectivity index (χ0v) is 12.4. The highest BCUT2D eigenvalue weighted by Gasteiger charge is 2.32. The van der Waals surface area contributed by atoms with Crippen molar-refractivity contribution in [2.24, 2.45) is 5.73 Å². The summed E-state index contributed by atoms with van der Waals surface area (Å²) in [6.45, 7) is 9.21. The summed E-state index contributed by atoms with van der Waals surface area (Å²) in [6.07, 6.45) is 1.01. The van der Waals surface area contributed by atoms with Gasteiger partial charge in [0.15, 0.2) is 0 Å². The average molecular weight is 268 g/mol. The van der Waals surface area contributed by atoms with Gasteiger partial charge in [-0.1, -0.05) is 6.92 Å². The van der Waals surface area contributed by atoms with Gasteiger partial charge in [-0.2, -0.15) is 0 Å². The number of thiophene rings is 1. The summed E-state index contributed by atoms with van der Waals surface area (Å²) in [5.41, 5.74) is 7.76. The molecule has 0 saturated carbocycles. The fourth-order valence-corrected chi connectivity index (χ4v) is 3.78. The second kappa shape index (κ2) is 6.15. The van der Waals surface area contributed by atoms with E-state index >= 15 is 0 Å². The van der Waals surface area contributed by atoms with E-state index in [4.69, 9.17) is 10.5 Å². The second-order valence-corrected chi connectivity index (χ2v) is 6.09. The van der Waals surface area contributed by atoms with Gasteiger partial charge in [0.05, 0.1) is 19.3 Å². The molecule has 0 aliphatic carbocycles. The van der Waals surface area contributed by atoms with Crippen molar-refractivity contribution in [2.45, 2.75) is 45.3 Å². The van der Waals surface area contributed by atoms with Crippen LogP contribution in [0.15, 0.2) is 11.4 Å². The molecule has 4 heteroatoms. The summed E-state index contributed by atoms with van der Waals surface area (Å²) in [5.74, 6) is 0. The molecule has 0 aromatic carbocycles. The molecule has 2 heterocycles. The van der Waals surface area contributed by atoms with Gasteiger partial charge in [0.2, 0.25) is 0 Å². The van der Waals surface area contributed by atoms with Crippen molar-refractivity contribution in [3.8, 4) is 0 Å². The zero-order chi connectivity index (χ0) is 13.1. The molecule has 1 aliphatic heterocycles. The third kappa shape index (κ3) is 2.77. The number of rotatable bonds is 4. The maximum atomic E-state index is 6.39. The van der Waals surface area contributed by atoms with Gasteiger partial charge in [0, 0.05) is 23.5 Å². The van der Waals surface area contributed by atoms with Crippen LogP contribution in [-0.2, 0) is 4.74 Å². The lowest BCUT2D eigenvalue weighted by atomic mass is 9.98. The molecule has 1 saturated heterocycles. The molecule has 102 valence electrons. The molecule has 18 heavy (non-hydrogen) atoms. The van der Waals surface area contributed by atoms with Crippen LogP contribution in [0.2, 0.25) is 0 Å². The molecule has 3 unspecified atom stereocenters. The molecule has 0 spiro atoms. The Hall–Kier alpha value is -0.420. The molecule has 2 rings (SSSR count). The summed E-state index contributed by atoms with van der Waals surface area (Å²) >= 11 is 1.83. The Kier molecular flexibility index (Phi) is 4.78. The standard InChI is InChI=1S/C14H24N2OS/c1-4-12(15)13(14-10(2)5-8-18-14)16-6-7-17-9-11(16)3/h5,8,11-13H,4,6-7,9,15H2,1-3H3. The Bertz CT molecular complexity index is 380. The molecule has 1 aromatic rings. The maximum Gasteiger partial charge on any atom is 0.0620 e. The van der Waals surface area contributed by atoms with Gasteiger partial charge >= 0.3 is 0 Å². The maximum absolute atomic E-state index is 6.39. The first kappa shape index (κ1) is 14.0. The van der Waals surface area contributed by atoms with Gasteiger partial charge in [-0.25, -0.2) is 0 Å². The minimum atomic E-state index is 0.197.